The highest BCUT2D eigenvalue weighted by Crippen LogP contribution is 2.31. The number of amides is 1. The minimum atomic E-state index is 0.0451. The smallest absolute Gasteiger partial charge is 0.225 e. The van der Waals surface area contributed by atoms with Gasteiger partial charge in [0.15, 0.2) is 5.82 Å². The molecule has 1 aliphatic rings. The van der Waals surface area contributed by atoms with Crippen molar-refractivity contribution in [3.63, 3.8) is 0 Å². The third-order valence-electron chi connectivity index (χ3n) is 5.33. The number of hydrogen-bond acceptors (Lipinski definition) is 4. The maximum absolute atomic E-state index is 12.4. The van der Waals surface area contributed by atoms with Crippen molar-refractivity contribution in [1.29, 1.82) is 0 Å². The predicted molar refractivity (Wildman–Crippen MR) is 115 cm³/mol. The van der Waals surface area contributed by atoms with Crippen molar-refractivity contribution in [3.8, 4) is 11.4 Å². The van der Waals surface area contributed by atoms with Crippen LogP contribution in [0.4, 0.5) is 5.82 Å². The van der Waals surface area contributed by atoms with Gasteiger partial charge < -0.3 is 9.80 Å². The standard InChI is InChI=1S/C23H32N4O/c1-16(2)20-18(5)24-21(19-10-7-6-8-11-19)25-22(20)26-12-9-13-27(15-14-26)23(28)17(3)4/h6-8,10-11,16-17H,9,12-15H2,1-5H3. The molecule has 0 bridgehead atoms. The van der Waals surface area contributed by atoms with Crippen molar-refractivity contribution in [2.45, 2.75) is 47.0 Å². The van der Waals surface area contributed by atoms with Crippen LogP contribution in [0.3, 0.4) is 0 Å². The van der Waals surface area contributed by atoms with E-state index in [9.17, 15) is 4.79 Å². The van der Waals surface area contributed by atoms with E-state index >= 15 is 0 Å². The van der Waals surface area contributed by atoms with Crippen molar-refractivity contribution in [3.05, 3.63) is 41.6 Å². The van der Waals surface area contributed by atoms with Crippen LogP contribution in [-0.2, 0) is 4.79 Å². The van der Waals surface area contributed by atoms with Crippen LogP contribution in [0.2, 0.25) is 0 Å². The lowest BCUT2D eigenvalue weighted by molar-refractivity contribution is -0.134. The van der Waals surface area contributed by atoms with Crippen LogP contribution in [0.1, 0.15) is 51.3 Å². The molecule has 5 heteroatoms. The fraction of sp³-hybridized carbons (Fsp3) is 0.522. The number of carbonyl (C=O) groups is 1. The van der Waals surface area contributed by atoms with Crippen LogP contribution < -0.4 is 4.90 Å². The fourth-order valence-electron chi connectivity index (χ4n) is 3.91. The Balaban J connectivity index is 1.95. The summed E-state index contributed by atoms with van der Waals surface area (Å²) < 4.78 is 0. The lowest BCUT2D eigenvalue weighted by atomic mass is 10.0. The molecule has 1 aromatic heterocycles. The summed E-state index contributed by atoms with van der Waals surface area (Å²) in [5, 5.41) is 0. The molecule has 0 N–H and O–H groups in total. The van der Waals surface area contributed by atoms with E-state index in [1.807, 2.05) is 36.9 Å². The maximum atomic E-state index is 12.4. The Bertz CT molecular complexity index is 817. The van der Waals surface area contributed by atoms with Gasteiger partial charge in [0.25, 0.3) is 0 Å². The highest BCUT2D eigenvalue weighted by Gasteiger charge is 2.25. The normalized spacial score (nSPS) is 15.2. The van der Waals surface area contributed by atoms with E-state index in [0.29, 0.717) is 5.92 Å². The Morgan fingerprint density at radius 1 is 0.964 bits per heavy atom. The van der Waals surface area contributed by atoms with E-state index in [1.165, 1.54) is 5.56 Å². The third kappa shape index (κ3) is 4.34. The van der Waals surface area contributed by atoms with Gasteiger partial charge in [-0.1, -0.05) is 58.0 Å². The van der Waals surface area contributed by atoms with Crippen LogP contribution in [0.25, 0.3) is 11.4 Å². The van der Waals surface area contributed by atoms with Gasteiger partial charge in [0.1, 0.15) is 5.82 Å². The molecule has 1 fully saturated rings. The van der Waals surface area contributed by atoms with E-state index in [1.54, 1.807) is 0 Å². The summed E-state index contributed by atoms with van der Waals surface area (Å²) >= 11 is 0. The summed E-state index contributed by atoms with van der Waals surface area (Å²) in [6.45, 7) is 13.7. The van der Waals surface area contributed by atoms with Gasteiger partial charge in [-0.25, -0.2) is 9.97 Å². The van der Waals surface area contributed by atoms with Gasteiger partial charge in [0.2, 0.25) is 5.91 Å². The van der Waals surface area contributed by atoms with E-state index in [2.05, 4.69) is 37.8 Å². The van der Waals surface area contributed by atoms with Gasteiger partial charge in [0.05, 0.1) is 0 Å². The van der Waals surface area contributed by atoms with Gasteiger partial charge in [0, 0.05) is 48.9 Å². The second-order valence-electron chi connectivity index (χ2n) is 8.21. The predicted octanol–water partition coefficient (Wildman–Crippen LogP) is 4.27. The number of hydrogen-bond donors (Lipinski definition) is 0. The average molecular weight is 381 g/mol. The van der Waals surface area contributed by atoms with Gasteiger partial charge in [-0.2, -0.15) is 0 Å². The molecule has 2 aromatic rings. The number of benzene rings is 1. The molecule has 0 radical (unpaired) electrons. The van der Waals surface area contributed by atoms with Crippen LogP contribution in [-0.4, -0.2) is 47.0 Å². The number of anilines is 1. The number of aromatic nitrogens is 2. The molecule has 0 saturated carbocycles. The van der Waals surface area contributed by atoms with E-state index in [-0.39, 0.29) is 11.8 Å². The number of nitrogens with zero attached hydrogens (tertiary/aromatic N) is 4. The Labute approximate surface area is 168 Å². The Kier molecular flexibility index (Phi) is 6.32. The monoisotopic (exact) mass is 380 g/mol. The quantitative estimate of drug-likeness (QED) is 0.795. The first-order valence-corrected chi connectivity index (χ1v) is 10.4. The molecular formula is C23H32N4O. The first-order valence-electron chi connectivity index (χ1n) is 10.4. The SMILES string of the molecule is Cc1nc(-c2ccccc2)nc(N2CCCN(C(=O)C(C)C)CC2)c1C(C)C. The second-order valence-corrected chi connectivity index (χ2v) is 8.21. The Morgan fingerprint density at radius 3 is 2.32 bits per heavy atom. The molecule has 150 valence electrons. The van der Waals surface area contributed by atoms with E-state index in [0.717, 1.165) is 55.5 Å². The zero-order valence-electron chi connectivity index (χ0n) is 17.8. The first-order chi connectivity index (χ1) is 13.4. The summed E-state index contributed by atoms with van der Waals surface area (Å²) in [6, 6.07) is 10.2. The summed E-state index contributed by atoms with van der Waals surface area (Å²) in [7, 11) is 0. The Hall–Kier alpha value is -2.43. The summed E-state index contributed by atoms with van der Waals surface area (Å²) in [5.74, 6) is 2.44. The molecule has 0 unspecified atom stereocenters. The van der Waals surface area contributed by atoms with Crippen molar-refractivity contribution in [2.75, 3.05) is 31.1 Å². The van der Waals surface area contributed by atoms with Crippen LogP contribution >= 0.6 is 0 Å². The molecule has 1 aromatic carbocycles. The van der Waals surface area contributed by atoms with E-state index < -0.39 is 0 Å². The lowest BCUT2D eigenvalue weighted by Crippen LogP contribution is -2.38. The molecule has 1 saturated heterocycles. The number of aryl methyl sites for hydroxylation is 1. The van der Waals surface area contributed by atoms with Crippen LogP contribution in [0, 0.1) is 12.8 Å². The van der Waals surface area contributed by atoms with Gasteiger partial charge in [-0.05, 0) is 19.3 Å². The zero-order valence-corrected chi connectivity index (χ0v) is 17.8. The molecule has 1 amide bonds. The molecule has 5 nitrogen and oxygen atoms in total. The topological polar surface area (TPSA) is 49.3 Å². The summed E-state index contributed by atoms with van der Waals surface area (Å²) in [6.07, 6.45) is 0.958. The fourth-order valence-corrected chi connectivity index (χ4v) is 3.91. The molecule has 2 heterocycles. The molecule has 1 aliphatic heterocycles. The Morgan fingerprint density at radius 2 is 1.68 bits per heavy atom. The molecule has 28 heavy (non-hydrogen) atoms. The minimum Gasteiger partial charge on any atom is -0.354 e. The highest BCUT2D eigenvalue weighted by atomic mass is 16.2. The summed E-state index contributed by atoms with van der Waals surface area (Å²) in [5.41, 5.74) is 3.29. The molecule has 3 rings (SSSR count). The first kappa shape index (κ1) is 20.3. The second kappa shape index (κ2) is 8.72. The molecule has 0 atom stereocenters. The van der Waals surface area contributed by atoms with Crippen molar-refractivity contribution in [2.24, 2.45) is 5.92 Å². The van der Waals surface area contributed by atoms with Gasteiger partial charge in [-0.3, -0.25) is 4.79 Å². The summed E-state index contributed by atoms with van der Waals surface area (Å²) in [4.78, 5) is 26.6. The largest absolute Gasteiger partial charge is 0.354 e. The zero-order chi connectivity index (χ0) is 20.3. The average Bonchev–Trinajstić information content (AvgIpc) is 2.93. The van der Waals surface area contributed by atoms with Crippen molar-refractivity contribution in [1.82, 2.24) is 14.9 Å². The number of rotatable bonds is 4. The lowest BCUT2D eigenvalue weighted by Gasteiger charge is -2.27. The van der Waals surface area contributed by atoms with E-state index in [4.69, 9.17) is 9.97 Å². The molecule has 0 spiro atoms. The molecular weight excluding hydrogens is 348 g/mol. The maximum Gasteiger partial charge on any atom is 0.225 e. The van der Waals surface area contributed by atoms with Crippen LogP contribution in [0.5, 0.6) is 0 Å². The van der Waals surface area contributed by atoms with Gasteiger partial charge in [-0.15, -0.1) is 0 Å². The highest BCUT2D eigenvalue weighted by molar-refractivity contribution is 5.78. The van der Waals surface area contributed by atoms with Crippen molar-refractivity contribution < 1.29 is 4.79 Å². The van der Waals surface area contributed by atoms with Crippen LogP contribution in [0.15, 0.2) is 30.3 Å². The van der Waals surface area contributed by atoms with Gasteiger partial charge >= 0.3 is 0 Å². The number of carbonyl (C=O) groups excluding carboxylic acids is 1. The third-order valence-corrected chi connectivity index (χ3v) is 5.33. The molecule has 0 aliphatic carbocycles. The minimum absolute atomic E-state index is 0.0451. The van der Waals surface area contributed by atoms with Crippen molar-refractivity contribution >= 4 is 11.7 Å².